The number of aryl methyl sites for hydroxylation is 2. The molecule has 0 spiro atoms. The first kappa shape index (κ1) is 17.6. The van der Waals surface area contributed by atoms with Crippen molar-refractivity contribution in [2.24, 2.45) is 0 Å². The summed E-state index contributed by atoms with van der Waals surface area (Å²) >= 11 is 1.71. The van der Waals surface area contributed by atoms with Crippen molar-refractivity contribution in [1.82, 2.24) is 15.0 Å². The van der Waals surface area contributed by atoms with Gasteiger partial charge in [0.15, 0.2) is 17.3 Å². The van der Waals surface area contributed by atoms with Gasteiger partial charge in [-0.15, -0.1) is 11.3 Å². The van der Waals surface area contributed by atoms with Gasteiger partial charge in [-0.25, -0.2) is 4.98 Å². The highest BCUT2D eigenvalue weighted by Crippen LogP contribution is 2.43. The second-order valence-corrected chi connectivity index (χ2v) is 7.79. The number of nitrogens with zero attached hydrogens (tertiary/aromatic N) is 4. The van der Waals surface area contributed by atoms with Crippen LogP contribution in [0.4, 0.5) is 0 Å². The van der Waals surface area contributed by atoms with Crippen molar-refractivity contribution in [3.63, 3.8) is 0 Å². The Hall–Kier alpha value is -3.50. The number of ether oxygens (including phenoxy) is 2. The minimum absolute atomic E-state index is 0.491. The number of aromatic nitrogens is 3. The number of thiophene rings is 1. The fourth-order valence-corrected chi connectivity index (χ4v) is 4.84. The van der Waals surface area contributed by atoms with Gasteiger partial charge in [0.1, 0.15) is 4.83 Å². The zero-order chi connectivity index (χ0) is 19.8. The van der Waals surface area contributed by atoms with E-state index in [1.807, 2.05) is 12.1 Å². The van der Waals surface area contributed by atoms with Crippen LogP contribution in [0, 0.1) is 11.3 Å². The van der Waals surface area contributed by atoms with Crippen LogP contribution in [0.3, 0.4) is 0 Å². The zero-order valence-electron chi connectivity index (χ0n) is 15.7. The molecule has 0 atom stereocenters. The first-order valence-corrected chi connectivity index (χ1v) is 10.1. The Balaban J connectivity index is 1.69. The molecule has 0 saturated heterocycles. The van der Waals surface area contributed by atoms with E-state index in [9.17, 15) is 0 Å². The topological polar surface area (TPSA) is 80.9 Å². The molecular weight excluding hydrogens is 384 g/mol. The largest absolute Gasteiger partial charge is 0.493 e. The van der Waals surface area contributed by atoms with Crippen molar-refractivity contribution in [2.45, 2.75) is 19.3 Å². The molecule has 142 valence electrons. The van der Waals surface area contributed by atoms with Crippen LogP contribution in [0.1, 0.15) is 22.4 Å². The normalized spacial score (nSPS) is 12.6. The lowest BCUT2D eigenvalue weighted by atomic mass is 10.2. The molecule has 1 aromatic carbocycles. The molecule has 0 bridgehead atoms. The van der Waals surface area contributed by atoms with E-state index >= 15 is 0 Å². The van der Waals surface area contributed by atoms with E-state index in [1.165, 1.54) is 10.4 Å². The molecule has 0 radical (unpaired) electrons. The molecule has 7 heteroatoms. The van der Waals surface area contributed by atoms with E-state index in [-0.39, 0.29) is 0 Å². The third kappa shape index (κ3) is 3.08. The Morgan fingerprint density at radius 1 is 1.14 bits per heavy atom. The molecule has 3 aromatic heterocycles. The molecule has 0 saturated carbocycles. The quantitative estimate of drug-likeness (QED) is 0.484. The third-order valence-corrected chi connectivity index (χ3v) is 6.14. The van der Waals surface area contributed by atoms with Gasteiger partial charge in [0, 0.05) is 28.9 Å². The van der Waals surface area contributed by atoms with E-state index in [1.54, 1.807) is 49.0 Å². The van der Waals surface area contributed by atoms with E-state index in [2.05, 4.69) is 11.1 Å². The zero-order valence-corrected chi connectivity index (χ0v) is 16.5. The molecule has 4 aromatic rings. The van der Waals surface area contributed by atoms with Gasteiger partial charge in [-0.1, -0.05) is 0 Å². The second kappa shape index (κ2) is 7.15. The highest BCUT2D eigenvalue weighted by molar-refractivity contribution is 7.19. The highest BCUT2D eigenvalue weighted by atomic mass is 32.1. The number of hydrogen-bond acceptors (Lipinski definition) is 7. The lowest BCUT2D eigenvalue weighted by Crippen LogP contribution is -1.98. The molecule has 3 heterocycles. The second-order valence-electron chi connectivity index (χ2n) is 6.71. The van der Waals surface area contributed by atoms with Gasteiger partial charge in [0.25, 0.3) is 0 Å². The van der Waals surface area contributed by atoms with Crippen molar-refractivity contribution in [2.75, 3.05) is 7.11 Å². The Bertz CT molecular complexity index is 1260. The van der Waals surface area contributed by atoms with Gasteiger partial charge in [-0.3, -0.25) is 4.98 Å². The Morgan fingerprint density at radius 2 is 2.07 bits per heavy atom. The van der Waals surface area contributed by atoms with Gasteiger partial charge in [-0.2, -0.15) is 10.2 Å². The van der Waals surface area contributed by atoms with Crippen LogP contribution in [-0.2, 0) is 12.8 Å². The summed E-state index contributed by atoms with van der Waals surface area (Å²) in [5, 5.41) is 10.1. The minimum Gasteiger partial charge on any atom is -0.493 e. The number of benzene rings is 1. The smallest absolute Gasteiger partial charge is 0.232 e. The maximum absolute atomic E-state index is 9.15. The van der Waals surface area contributed by atoms with Gasteiger partial charge >= 0.3 is 0 Å². The predicted molar refractivity (Wildman–Crippen MR) is 110 cm³/mol. The Labute approximate surface area is 171 Å². The minimum atomic E-state index is 0.491. The summed E-state index contributed by atoms with van der Waals surface area (Å²) in [5.41, 5.74) is 2.62. The van der Waals surface area contributed by atoms with Gasteiger partial charge in [-0.05, 0) is 49.1 Å². The highest BCUT2D eigenvalue weighted by Gasteiger charge is 2.24. The number of hydrogen-bond donors (Lipinski definition) is 0. The van der Waals surface area contributed by atoms with E-state index in [4.69, 9.17) is 24.7 Å². The standard InChI is InChI=1S/C22H16N4O2S/c1-27-17-10-13(11-23)7-8-16(17)28-21-19-15-5-2-6-18(15)29-22(19)26-20(25-21)14-4-3-9-24-12-14/h3-4,7-10,12H,2,5-6H2,1H3. The molecule has 0 aliphatic heterocycles. The fourth-order valence-electron chi connectivity index (χ4n) is 3.59. The van der Waals surface area contributed by atoms with Crippen molar-refractivity contribution < 1.29 is 9.47 Å². The van der Waals surface area contributed by atoms with Crippen LogP contribution in [0.2, 0.25) is 0 Å². The van der Waals surface area contributed by atoms with Crippen LogP contribution in [-0.4, -0.2) is 22.1 Å². The van der Waals surface area contributed by atoms with E-state index < -0.39 is 0 Å². The summed E-state index contributed by atoms with van der Waals surface area (Å²) in [4.78, 5) is 16.0. The summed E-state index contributed by atoms with van der Waals surface area (Å²) in [5.74, 6) is 2.09. The predicted octanol–water partition coefficient (Wildman–Crippen LogP) is 4.91. The first-order chi connectivity index (χ1) is 14.3. The maximum atomic E-state index is 9.15. The number of rotatable bonds is 4. The molecule has 1 aliphatic carbocycles. The van der Waals surface area contributed by atoms with E-state index in [0.29, 0.717) is 28.8 Å². The third-order valence-electron chi connectivity index (χ3n) is 4.95. The lowest BCUT2D eigenvalue weighted by Gasteiger charge is -2.12. The molecule has 0 fully saturated rings. The van der Waals surface area contributed by atoms with Crippen LogP contribution >= 0.6 is 11.3 Å². The first-order valence-electron chi connectivity index (χ1n) is 9.25. The number of methoxy groups -OCH3 is 1. The number of fused-ring (bicyclic) bond motifs is 3. The molecule has 0 N–H and O–H groups in total. The van der Waals surface area contributed by atoms with Crippen molar-refractivity contribution in [3.8, 4) is 34.8 Å². The molecular formula is C22H16N4O2S. The molecule has 1 aliphatic rings. The maximum Gasteiger partial charge on any atom is 0.232 e. The van der Waals surface area contributed by atoms with Crippen molar-refractivity contribution >= 4 is 21.6 Å². The summed E-state index contributed by atoms with van der Waals surface area (Å²) < 4.78 is 11.7. The van der Waals surface area contributed by atoms with Crippen LogP contribution in [0.25, 0.3) is 21.6 Å². The number of nitriles is 1. The lowest BCUT2D eigenvalue weighted by molar-refractivity contribution is 0.375. The Morgan fingerprint density at radius 3 is 2.86 bits per heavy atom. The molecule has 6 nitrogen and oxygen atoms in total. The van der Waals surface area contributed by atoms with Crippen molar-refractivity contribution in [3.05, 3.63) is 58.7 Å². The molecule has 29 heavy (non-hydrogen) atoms. The Kier molecular flexibility index (Phi) is 4.34. The van der Waals surface area contributed by atoms with Gasteiger partial charge in [0.2, 0.25) is 5.88 Å². The molecule has 5 rings (SSSR count). The molecule has 0 amide bonds. The fraction of sp³-hybridized carbons (Fsp3) is 0.182. The average Bonchev–Trinajstić information content (AvgIpc) is 3.35. The monoisotopic (exact) mass is 400 g/mol. The summed E-state index contributed by atoms with van der Waals surface area (Å²) in [6.07, 6.45) is 6.68. The van der Waals surface area contributed by atoms with E-state index in [0.717, 1.165) is 35.0 Å². The molecule has 0 unspecified atom stereocenters. The SMILES string of the molecule is COc1cc(C#N)ccc1Oc1nc(-c2cccnc2)nc2sc3c(c12)CCC3. The van der Waals surface area contributed by atoms with Crippen LogP contribution in [0.5, 0.6) is 17.4 Å². The summed E-state index contributed by atoms with van der Waals surface area (Å²) in [6.45, 7) is 0. The summed E-state index contributed by atoms with van der Waals surface area (Å²) in [6, 6.07) is 11.0. The number of pyridine rings is 1. The summed E-state index contributed by atoms with van der Waals surface area (Å²) in [7, 11) is 1.56. The van der Waals surface area contributed by atoms with Crippen molar-refractivity contribution in [1.29, 1.82) is 5.26 Å². The average molecular weight is 400 g/mol. The van der Waals surface area contributed by atoms with Gasteiger partial charge < -0.3 is 9.47 Å². The van der Waals surface area contributed by atoms with Gasteiger partial charge in [0.05, 0.1) is 24.1 Å². The van der Waals surface area contributed by atoms with Crippen LogP contribution in [0.15, 0.2) is 42.7 Å². The van der Waals surface area contributed by atoms with Crippen LogP contribution < -0.4 is 9.47 Å².